The highest BCUT2D eigenvalue weighted by Gasteiger charge is 2.07. The minimum atomic E-state index is 0.410. The predicted octanol–water partition coefficient (Wildman–Crippen LogP) is 1.92. The van der Waals surface area contributed by atoms with Crippen LogP contribution in [0.3, 0.4) is 0 Å². The summed E-state index contributed by atoms with van der Waals surface area (Å²) in [7, 11) is 0. The molecule has 0 atom stereocenters. The fourth-order valence-corrected chi connectivity index (χ4v) is 1.64. The molecular weight excluding hydrogens is 200 g/mol. The lowest BCUT2D eigenvalue weighted by Gasteiger charge is -2.00. The molecule has 0 aromatic carbocycles. The van der Waals surface area contributed by atoms with Crippen molar-refractivity contribution in [3.8, 4) is 0 Å². The molecule has 14 heavy (non-hydrogen) atoms. The Kier molecular flexibility index (Phi) is 2.29. The molecule has 0 amide bonds. The van der Waals surface area contributed by atoms with E-state index in [1.165, 1.54) is 0 Å². The Labute approximate surface area is 86.7 Å². The standard InChI is InChI=1S/C9H11ClN4/c1-2-3-6-5-12-14-8(11)4-7(10)13-9(6)14/h4-5H,2-3,11H2,1H3. The second-order valence-corrected chi connectivity index (χ2v) is 3.55. The van der Waals surface area contributed by atoms with E-state index in [-0.39, 0.29) is 0 Å². The number of aryl methyl sites for hydroxylation is 1. The van der Waals surface area contributed by atoms with Crippen LogP contribution in [0.1, 0.15) is 18.9 Å². The lowest BCUT2D eigenvalue weighted by atomic mass is 10.2. The zero-order valence-corrected chi connectivity index (χ0v) is 8.62. The first kappa shape index (κ1) is 9.27. The van der Waals surface area contributed by atoms with Crippen molar-refractivity contribution in [2.45, 2.75) is 19.8 Å². The van der Waals surface area contributed by atoms with E-state index in [0.717, 1.165) is 24.1 Å². The first-order valence-electron chi connectivity index (χ1n) is 4.51. The lowest BCUT2D eigenvalue weighted by molar-refractivity contribution is 0.925. The molecule has 2 heterocycles. The average Bonchev–Trinajstić information content (AvgIpc) is 2.49. The monoisotopic (exact) mass is 210 g/mol. The molecule has 74 valence electrons. The number of nitrogens with zero attached hydrogens (tertiary/aromatic N) is 3. The Hall–Kier alpha value is -1.29. The molecule has 2 N–H and O–H groups in total. The van der Waals surface area contributed by atoms with Crippen molar-refractivity contribution in [3.63, 3.8) is 0 Å². The fourth-order valence-electron chi connectivity index (χ4n) is 1.45. The van der Waals surface area contributed by atoms with Crippen LogP contribution in [0.15, 0.2) is 12.3 Å². The Morgan fingerprint density at radius 1 is 1.57 bits per heavy atom. The van der Waals surface area contributed by atoms with Crippen LogP contribution in [0.5, 0.6) is 0 Å². The van der Waals surface area contributed by atoms with Gasteiger partial charge < -0.3 is 5.73 Å². The summed E-state index contributed by atoms with van der Waals surface area (Å²) < 4.78 is 1.61. The molecule has 0 unspecified atom stereocenters. The molecule has 0 aliphatic rings. The summed E-state index contributed by atoms with van der Waals surface area (Å²) in [5.74, 6) is 0.516. The molecule has 2 aromatic heterocycles. The van der Waals surface area contributed by atoms with E-state index in [9.17, 15) is 0 Å². The average molecular weight is 211 g/mol. The quantitative estimate of drug-likeness (QED) is 0.771. The number of nitrogens with two attached hydrogens (primary N) is 1. The molecule has 0 aliphatic heterocycles. The summed E-state index contributed by atoms with van der Waals surface area (Å²) in [6, 6.07) is 1.59. The molecule has 2 aromatic rings. The van der Waals surface area contributed by atoms with Gasteiger partial charge in [0.15, 0.2) is 5.65 Å². The van der Waals surface area contributed by atoms with Crippen LogP contribution in [-0.2, 0) is 6.42 Å². The van der Waals surface area contributed by atoms with E-state index in [2.05, 4.69) is 17.0 Å². The van der Waals surface area contributed by atoms with Crippen LogP contribution in [-0.4, -0.2) is 14.6 Å². The molecule has 4 nitrogen and oxygen atoms in total. The molecule has 0 aliphatic carbocycles. The Morgan fingerprint density at radius 2 is 2.36 bits per heavy atom. The molecule has 0 saturated carbocycles. The third kappa shape index (κ3) is 1.42. The second-order valence-electron chi connectivity index (χ2n) is 3.16. The van der Waals surface area contributed by atoms with E-state index in [1.807, 2.05) is 0 Å². The molecule has 0 fully saturated rings. The van der Waals surface area contributed by atoms with E-state index in [1.54, 1.807) is 16.8 Å². The van der Waals surface area contributed by atoms with Crippen molar-refractivity contribution >= 4 is 23.1 Å². The van der Waals surface area contributed by atoms with Gasteiger partial charge in [-0.2, -0.15) is 9.61 Å². The number of nitrogen functional groups attached to an aromatic ring is 1. The van der Waals surface area contributed by atoms with Gasteiger partial charge in [-0.3, -0.25) is 0 Å². The number of halogens is 1. The van der Waals surface area contributed by atoms with Gasteiger partial charge in [0.05, 0.1) is 6.20 Å². The van der Waals surface area contributed by atoms with Gasteiger partial charge in [-0.1, -0.05) is 24.9 Å². The summed E-state index contributed by atoms with van der Waals surface area (Å²) in [6.07, 6.45) is 3.78. The Bertz CT molecular complexity index is 463. The van der Waals surface area contributed by atoms with E-state index >= 15 is 0 Å². The zero-order valence-electron chi connectivity index (χ0n) is 7.87. The highest BCUT2D eigenvalue weighted by atomic mass is 35.5. The summed E-state index contributed by atoms with van der Waals surface area (Å²) in [5.41, 5.74) is 7.59. The molecular formula is C9H11ClN4. The topological polar surface area (TPSA) is 56.2 Å². The van der Waals surface area contributed by atoms with Crippen molar-refractivity contribution in [1.29, 1.82) is 0 Å². The Morgan fingerprint density at radius 3 is 3.07 bits per heavy atom. The molecule has 0 radical (unpaired) electrons. The van der Waals surface area contributed by atoms with Gasteiger partial charge in [-0.15, -0.1) is 0 Å². The summed E-state index contributed by atoms with van der Waals surface area (Å²) in [6.45, 7) is 2.11. The molecule has 0 bridgehead atoms. The summed E-state index contributed by atoms with van der Waals surface area (Å²) in [5, 5.41) is 4.56. The highest BCUT2D eigenvalue weighted by Crippen LogP contribution is 2.17. The molecule has 5 heteroatoms. The minimum Gasteiger partial charge on any atom is -0.383 e. The smallest absolute Gasteiger partial charge is 0.162 e. The number of fused-ring (bicyclic) bond motifs is 1. The summed E-state index contributed by atoms with van der Waals surface area (Å²) in [4.78, 5) is 4.20. The molecule has 0 saturated heterocycles. The van der Waals surface area contributed by atoms with Crippen LogP contribution < -0.4 is 5.73 Å². The highest BCUT2D eigenvalue weighted by molar-refractivity contribution is 6.29. The maximum atomic E-state index is 5.82. The SMILES string of the molecule is CCCc1cnn2c(N)cc(Cl)nc12. The third-order valence-electron chi connectivity index (χ3n) is 2.06. The van der Waals surface area contributed by atoms with Gasteiger partial charge >= 0.3 is 0 Å². The van der Waals surface area contributed by atoms with E-state index < -0.39 is 0 Å². The molecule has 2 rings (SSSR count). The van der Waals surface area contributed by atoms with Crippen LogP contribution in [0.4, 0.5) is 5.82 Å². The van der Waals surface area contributed by atoms with Crippen molar-refractivity contribution in [2.75, 3.05) is 5.73 Å². The van der Waals surface area contributed by atoms with Crippen LogP contribution in [0, 0.1) is 0 Å². The van der Waals surface area contributed by atoms with Crippen LogP contribution in [0.25, 0.3) is 5.65 Å². The third-order valence-corrected chi connectivity index (χ3v) is 2.25. The second kappa shape index (κ2) is 3.46. The molecule has 0 spiro atoms. The van der Waals surface area contributed by atoms with Crippen LogP contribution in [0.2, 0.25) is 5.15 Å². The van der Waals surface area contributed by atoms with Crippen molar-refractivity contribution < 1.29 is 0 Å². The number of hydrogen-bond donors (Lipinski definition) is 1. The zero-order chi connectivity index (χ0) is 10.1. The van der Waals surface area contributed by atoms with Gasteiger partial charge in [0.1, 0.15) is 11.0 Å². The maximum Gasteiger partial charge on any atom is 0.162 e. The maximum absolute atomic E-state index is 5.82. The largest absolute Gasteiger partial charge is 0.383 e. The number of anilines is 1. The van der Waals surface area contributed by atoms with E-state index in [0.29, 0.717) is 11.0 Å². The van der Waals surface area contributed by atoms with Crippen LogP contribution >= 0.6 is 11.6 Å². The van der Waals surface area contributed by atoms with Crippen molar-refractivity contribution in [2.24, 2.45) is 0 Å². The van der Waals surface area contributed by atoms with E-state index in [4.69, 9.17) is 17.3 Å². The summed E-state index contributed by atoms with van der Waals surface area (Å²) >= 11 is 5.82. The van der Waals surface area contributed by atoms with Gasteiger partial charge in [0.2, 0.25) is 0 Å². The van der Waals surface area contributed by atoms with Crippen molar-refractivity contribution in [1.82, 2.24) is 14.6 Å². The van der Waals surface area contributed by atoms with Gasteiger partial charge in [-0.05, 0) is 6.42 Å². The minimum absolute atomic E-state index is 0.410. The first-order valence-corrected chi connectivity index (χ1v) is 4.88. The number of aromatic nitrogens is 3. The van der Waals surface area contributed by atoms with Gasteiger partial charge in [-0.25, -0.2) is 4.98 Å². The van der Waals surface area contributed by atoms with Crippen molar-refractivity contribution in [3.05, 3.63) is 23.0 Å². The van der Waals surface area contributed by atoms with Gasteiger partial charge in [0, 0.05) is 11.6 Å². The fraction of sp³-hybridized carbons (Fsp3) is 0.333. The predicted molar refractivity (Wildman–Crippen MR) is 56.4 cm³/mol. The number of hydrogen-bond acceptors (Lipinski definition) is 3. The lowest BCUT2D eigenvalue weighted by Crippen LogP contribution is -2.00. The first-order chi connectivity index (χ1) is 6.72. The van der Waals surface area contributed by atoms with Gasteiger partial charge in [0.25, 0.3) is 0 Å². The number of rotatable bonds is 2. The normalized spacial score (nSPS) is 11.0. The Balaban J connectivity index is 2.66.